The highest BCUT2D eigenvalue weighted by Gasteiger charge is 1.89. The normalized spacial score (nSPS) is 11.3. The Morgan fingerprint density at radius 3 is 2.62 bits per heavy atom. The molecule has 0 amide bonds. The lowest BCUT2D eigenvalue weighted by Gasteiger charge is -1.90. The van der Waals surface area contributed by atoms with Gasteiger partial charge in [0.2, 0.25) is 0 Å². The van der Waals surface area contributed by atoms with Crippen LogP contribution in [-0.4, -0.2) is 5.78 Å². The summed E-state index contributed by atoms with van der Waals surface area (Å²) in [5.41, 5.74) is 1.05. The Morgan fingerprint density at radius 2 is 1.94 bits per heavy atom. The summed E-state index contributed by atoms with van der Waals surface area (Å²) in [4.78, 5) is 11.4. The molecule has 0 N–H and O–H groups in total. The number of benzene rings is 1. The third kappa shape index (κ3) is 5.30. The van der Waals surface area contributed by atoms with Gasteiger partial charge in [0.25, 0.3) is 0 Å². The highest BCUT2D eigenvalue weighted by atomic mass is 16.1. The van der Waals surface area contributed by atoms with Crippen LogP contribution >= 0.6 is 0 Å². The van der Waals surface area contributed by atoms with E-state index in [1.807, 2.05) is 42.5 Å². The van der Waals surface area contributed by atoms with Crippen LogP contribution in [0.25, 0.3) is 6.08 Å². The molecule has 84 valence electrons. The number of unbranched alkanes of at least 4 members (excludes halogenated alkanes) is 2. The van der Waals surface area contributed by atoms with Crippen LogP contribution in [0.15, 0.2) is 48.6 Å². The standard InChI is InChI=1S/C15H18O/c1-2-3-4-8-11-15(16)13-12-14-9-6-5-7-10-14/h5-13H,2-4H2,1H3/b11-8+,13-12+. The smallest absolute Gasteiger partial charge is 0.178 e. The van der Waals surface area contributed by atoms with Gasteiger partial charge in [-0.05, 0) is 24.1 Å². The first-order valence-electron chi connectivity index (χ1n) is 5.76. The van der Waals surface area contributed by atoms with Gasteiger partial charge in [-0.25, -0.2) is 0 Å². The zero-order chi connectivity index (χ0) is 11.6. The summed E-state index contributed by atoms with van der Waals surface area (Å²) < 4.78 is 0. The first kappa shape index (κ1) is 12.4. The van der Waals surface area contributed by atoms with Crippen LogP contribution in [0, 0.1) is 0 Å². The molecule has 0 aliphatic carbocycles. The van der Waals surface area contributed by atoms with Crippen molar-refractivity contribution < 1.29 is 4.79 Å². The minimum absolute atomic E-state index is 0.0555. The molecule has 0 saturated carbocycles. The Hall–Kier alpha value is -1.63. The first-order valence-corrected chi connectivity index (χ1v) is 5.76. The van der Waals surface area contributed by atoms with Gasteiger partial charge in [0.15, 0.2) is 5.78 Å². The number of hydrogen-bond acceptors (Lipinski definition) is 1. The summed E-state index contributed by atoms with van der Waals surface area (Å²) >= 11 is 0. The van der Waals surface area contributed by atoms with Gasteiger partial charge in [-0.1, -0.05) is 62.2 Å². The monoisotopic (exact) mass is 214 g/mol. The molecule has 16 heavy (non-hydrogen) atoms. The highest BCUT2D eigenvalue weighted by Crippen LogP contribution is 2.01. The summed E-state index contributed by atoms with van der Waals surface area (Å²) in [5, 5.41) is 0. The molecule has 1 nitrogen and oxygen atoms in total. The molecule has 0 aromatic heterocycles. The minimum atomic E-state index is 0.0555. The molecule has 0 atom stereocenters. The largest absolute Gasteiger partial charge is 0.290 e. The molecule has 0 aliphatic rings. The van der Waals surface area contributed by atoms with Crippen molar-refractivity contribution in [3.05, 3.63) is 54.1 Å². The zero-order valence-electron chi connectivity index (χ0n) is 9.73. The van der Waals surface area contributed by atoms with Gasteiger partial charge in [0.1, 0.15) is 0 Å². The first-order chi connectivity index (χ1) is 7.83. The molecule has 0 heterocycles. The number of rotatable bonds is 6. The van der Waals surface area contributed by atoms with Crippen molar-refractivity contribution in [3.8, 4) is 0 Å². The molecule has 1 rings (SSSR count). The molecule has 0 fully saturated rings. The van der Waals surface area contributed by atoms with E-state index in [2.05, 4.69) is 6.92 Å². The molecule has 0 spiro atoms. The van der Waals surface area contributed by atoms with E-state index in [0.29, 0.717) is 0 Å². The number of carbonyl (C=O) groups excluding carboxylic acids is 1. The van der Waals surface area contributed by atoms with Gasteiger partial charge in [-0.15, -0.1) is 0 Å². The van der Waals surface area contributed by atoms with Crippen molar-refractivity contribution in [1.29, 1.82) is 0 Å². The Balaban J connectivity index is 2.40. The van der Waals surface area contributed by atoms with Gasteiger partial charge in [-0.2, -0.15) is 0 Å². The lowest BCUT2D eigenvalue weighted by atomic mass is 10.2. The van der Waals surface area contributed by atoms with Gasteiger partial charge in [0, 0.05) is 0 Å². The van der Waals surface area contributed by atoms with E-state index in [-0.39, 0.29) is 5.78 Å². The number of carbonyl (C=O) groups is 1. The molecule has 1 aromatic rings. The molecule has 0 radical (unpaired) electrons. The summed E-state index contributed by atoms with van der Waals surface area (Å²) in [6, 6.07) is 9.83. The third-order valence-corrected chi connectivity index (χ3v) is 2.25. The second-order valence-electron chi connectivity index (χ2n) is 3.69. The van der Waals surface area contributed by atoms with Crippen molar-refractivity contribution in [2.24, 2.45) is 0 Å². The van der Waals surface area contributed by atoms with Gasteiger partial charge >= 0.3 is 0 Å². The van der Waals surface area contributed by atoms with Crippen LogP contribution in [0.4, 0.5) is 0 Å². The molecule has 1 aromatic carbocycles. The fraction of sp³-hybridized carbons (Fsp3) is 0.267. The summed E-state index contributed by atoms with van der Waals surface area (Å²) in [6.07, 6.45) is 10.3. The fourth-order valence-corrected chi connectivity index (χ4v) is 1.32. The fourth-order valence-electron chi connectivity index (χ4n) is 1.32. The van der Waals surface area contributed by atoms with Crippen LogP contribution < -0.4 is 0 Å². The van der Waals surface area contributed by atoms with Crippen LogP contribution in [-0.2, 0) is 4.79 Å². The Morgan fingerprint density at radius 1 is 1.19 bits per heavy atom. The van der Waals surface area contributed by atoms with E-state index in [4.69, 9.17) is 0 Å². The van der Waals surface area contributed by atoms with Crippen LogP contribution in [0.1, 0.15) is 31.7 Å². The molecule has 0 unspecified atom stereocenters. The van der Waals surface area contributed by atoms with E-state index in [0.717, 1.165) is 18.4 Å². The van der Waals surface area contributed by atoms with Crippen molar-refractivity contribution in [3.63, 3.8) is 0 Å². The summed E-state index contributed by atoms with van der Waals surface area (Å²) in [5.74, 6) is 0.0555. The Bertz CT molecular complexity index is 360. The number of allylic oxidation sites excluding steroid dienone is 3. The lowest BCUT2D eigenvalue weighted by molar-refractivity contribution is -0.110. The van der Waals surface area contributed by atoms with Gasteiger partial charge in [0.05, 0.1) is 0 Å². The molecular formula is C15H18O. The average Bonchev–Trinajstić information content (AvgIpc) is 2.33. The van der Waals surface area contributed by atoms with E-state index >= 15 is 0 Å². The topological polar surface area (TPSA) is 17.1 Å². The maximum absolute atomic E-state index is 11.4. The van der Waals surface area contributed by atoms with E-state index < -0.39 is 0 Å². The highest BCUT2D eigenvalue weighted by molar-refractivity contribution is 6.01. The predicted octanol–water partition coefficient (Wildman–Crippen LogP) is 4.02. The second kappa shape index (κ2) is 7.63. The van der Waals surface area contributed by atoms with Crippen LogP contribution in [0.5, 0.6) is 0 Å². The minimum Gasteiger partial charge on any atom is -0.290 e. The van der Waals surface area contributed by atoms with Crippen LogP contribution in [0.2, 0.25) is 0 Å². The zero-order valence-corrected chi connectivity index (χ0v) is 9.73. The van der Waals surface area contributed by atoms with E-state index in [1.54, 1.807) is 12.2 Å². The number of hydrogen-bond donors (Lipinski definition) is 0. The molecule has 0 saturated heterocycles. The summed E-state index contributed by atoms with van der Waals surface area (Å²) in [7, 11) is 0. The van der Waals surface area contributed by atoms with Crippen molar-refractivity contribution >= 4 is 11.9 Å². The molecular weight excluding hydrogens is 196 g/mol. The van der Waals surface area contributed by atoms with Gasteiger partial charge < -0.3 is 0 Å². The van der Waals surface area contributed by atoms with E-state index in [9.17, 15) is 4.79 Å². The van der Waals surface area contributed by atoms with Crippen molar-refractivity contribution in [1.82, 2.24) is 0 Å². The number of ketones is 1. The molecule has 0 bridgehead atoms. The second-order valence-corrected chi connectivity index (χ2v) is 3.69. The van der Waals surface area contributed by atoms with Crippen molar-refractivity contribution in [2.75, 3.05) is 0 Å². The lowest BCUT2D eigenvalue weighted by Crippen LogP contribution is -1.84. The average molecular weight is 214 g/mol. The predicted molar refractivity (Wildman–Crippen MR) is 69.1 cm³/mol. The summed E-state index contributed by atoms with van der Waals surface area (Å²) in [6.45, 7) is 2.14. The Kier molecular flexibility index (Phi) is 5.94. The van der Waals surface area contributed by atoms with Gasteiger partial charge in [-0.3, -0.25) is 4.79 Å². The maximum atomic E-state index is 11.4. The SMILES string of the molecule is CCCC/C=C/C(=O)/C=C/c1ccccc1. The third-order valence-electron chi connectivity index (χ3n) is 2.25. The van der Waals surface area contributed by atoms with E-state index in [1.165, 1.54) is 6.42 Å². The molecule has 1 heteroatoms. The van der Waals surface area contributed by atoms with Crippen molar-refractivity contribution in [2.45, 2.75) is 26.2 Å². The quantitative estimate of drug-likeness (QED) is 0.516. The molecule has 0 aliphatic heterocycles. The van der Waals surface area contributed by atoms with Crippen LogP contribution in [0.3, 0.4) is 0 Å². The maximum Gasteiger partial charge on any atom is 0.178 e. The Labute approximate surface area is 97.5 Å².